The normalized spacial score (nSPS) is 12.9. The van der Waals surface area contributed by atoms with E-state index in [1.807, 2.05) is 0 Å². The molecular formula is C18H36O6S. The predicted molar refractivity (Wildman–Crippen MR) is 99.0 cm³/mol. The third-order valence-electron chi connectivity index (χ3n) is 4.56. The van der Waals surface area contributed by atoms with Crippen LogP contribution in [0.15, 0.2) is 0 Å². The fraction of sp³-hybridized carbons (Fsp3) is 0.944. The highest BCUT2D eigenvalue weighted by molar-refractivity contribution is 7.86. The summed E-state index contributed by atoms with van der Waals surface area (Å²) >= 11 is 0. The van der Waals surface area contributed by atoms with Gasteiger partial charge in [-0.25, -0.2) is 4.79 Å². The van der Waals surface area contributed by atoms with Crippen molar-refractivity contribution in [2.24, 2.45) is 0 Å². The first kappa shape index (κ1) is 24.3. The summed E-state index contributed by atoms with van der Waals surface area (Å²) in [7, 11) is -3.97. The molecule has 150 valence electrons. The fourth-order valence-electron chi connectivity index (χ4n) is 2.99. The van der Waals surface area contributed by atoms with Crippen LogP contribution in [0.2, 0.25) is 0 Å². The molecule has 0 radical (unpaired) electrons. The average molecular weight is 381 g/mol. The van der Waals surface area contributed by atoms with Gasteiger partial charge in [-0.2, -0.15) is 13.7 Å². The highest BCUT2D eigenvalue weighted by atomic mass is 32.2. The molecule has 0 rings (SSSR count). The van der Waals surface area contributed by atoms with E-state index in [2.05, 4.69) is 11.8 Å². The summed E-state index contributed by atoms with van der Waals surface area (Å²) in [6.07, 6.45) is 13.2. The van der Waals surface area contributed by atoms with E-state index in [9.17, 15) is 17.8 Å². The van der Waals surface area contributed by atoms with Crippen LogP contribution in [0.4, 0.5) is 0 Å². The number of carbonyl (C=O) groups is 1. The summed E-state index contributed by atoms with van der Waals surface area (Å²) in [5.74, 6) is -0.624. The van der Waals surface area contributed by atoms with Crippen LogP contribution in [-0.2, 0) is 19.8 Å². The summed E-state index contributed by atoms with van der Waals surface area (Å²) in [5.41, 5.74) is 0. The zero-order valence-corrected chi connectivity index (χ0v) is 16.4. The molecule has 6 nitrogen and oxygen atoms in total. The molecule has 0 aliphatic carbocycles. The number of hydrogen-bond donors (Lipinski definition) is 2. The Morgan fingerprint density at radius 1 is 0.840 bits per heavy atom. The molecule has 0 amide bonds. The summed E-state index contributed by atoms with van der Waals surface area (Å²) in [6.45, 7) is 2.18. The lowest BCUT2D eigenvalue weighted by Crippen LogP contribution is -2.20. The van der Waals surface area contributed by atoms with E-state index in [1.165, 1.54) is 25.7 Å². The van der Waals surface area contributed by atoms with Gasteiger partial charge in [0.1, 0.15) is 0 Å². The van der Waals surface area contributed by atoms with Gasteiger partial charge in [-0.05, 0) is 19.3 Å². The first-order chi connectivity index (χ1) is 11.9. The minimum Gasteiger partial charge on any atom is -0.301 e. The zero-order chi connectivity index (χ0) is 19.0. The van der Waals surface area contributed by atoms with Crippen molar-refractivity contribution < 1.29 is 27.9 Å². The van der Waals surface area contributed by atoms with E-state index in [4.69, 9.17) is 5.26 Å². The molecular weight excluding hydrogens is 344 g/mol. The van der Waals surface area contributed by atoms with Crippen LogP contribution in [0.5, 0.6) is 0 Å². The van der Waals surface area contributed by atoms with Crippen molar-refractivity contribution in [1.29, 1.82) is 0 Å². The van der Waals surface area contributed by atoms with Gasteiger partial charge < -0.3 is 4.89 Å². The Hall–Kier alpha value is -0.660. The molecule has 25 heavy (non-hydrogen) atoms. The Morgan fingerprint density at radius 2 is 1.28 bits per heavy atom. The molecule has 0 aliphatic rings. The van der Waals surface area contributed by atoms with Gasteiger partial charge >= 0.3 is 5.97 Å². The molecule has 0 aromatic carbocycles. The van der Waals surface area contributed by atoms with Crippen LogP contribution >= 0.6 is 0 Å². The number of carbonyl (C=O) groups excluding carboxylic acids is 1. The van der Waals surface area contributed by atoms with Crippen LogP contribution in [0, 0.1) is 0 Å². The van der Waals surface area contributed by atoms with E-state index in [1.54, 1.807) is 0 Å². The standard InChI is InChI=1S/C18H36O6S/c1-2-3-4-5-6-8-11-14-17(25(21,22)23)15-12-9-7-10-13-16-18(19)24-20/h17,20H,2-16H2,1H3,(H,21,22,23). The van der Waals surface area contributed by atoms with E-state index in [0.717, 1.165) is 44.9 Å². The smallest absolute Gasteiger partial charge is 0.301 e. The zero-order valence-electron chi connectivity index (χ0n) is 15.6. The molecule has 7 heteroatoms. The van der Waals surface area contributed by atoms with Crippen molar-refractivity contribution in [1.82, 2.24) is 0 Å². The predicted octanol–water partition coefficient (Wildman–Crippen LogP) is 5.13. The maximum atomic E-state index is 11.5. The van der Waals surface area contributed by atoms with Crippen molar-refractivity contribution in [2.75, 3.05) is 0 Å². The van der Waals surface area contributed by atoms with Crippen molar-refractivity contribution in [3.63, 3.8) is 0 Å². The van der Waals surface area contributed by atoms with Crippen molar-refractivity contribution in [3.8, 4) is 0 Å². The number of rotatable bonds is 17. The second kappa shape index (κ2) is 15.6. The third kappa shape index (κ3) is 15.3. The van der Waals surface area contributed by atoms with E-state index >= 15 is 0 Å². The van der Waals surface area contributed by atoms with Gasteiger partial charge in [0.15, 0.2) is 0 Å². The van der Waals surface area contributed by atoms with Crippen LogP contribution in [-0.4, -0.2) is 29.4 Å². The summed E-state index contributed by atoms with van der Waals surface area (Å²) < 4.78 is 32.4. The monoisotopic (exact) mass is 380 g/mol. The second-order valence-corrected chi connectivity index (χ2v) is 8.51. The van der Waals surface area contributed by atoms with Crippen LogP contribution in [0.25, 0.3) is 0 Å². The van der Waals surface area contributed by atoms with E-state index in [-0.39, 0.29) is 6.42 Å². The first-order valence-electron chi connectivity index (χ1n) is 9.72. The molecule has 0 bridgehead atoms. The molecule has 0 aromatic rings. The highest BCUT2D eigenvalue weighted by Gasteiger charge is 2.21. The quantitative estimate of drug-likeness (QED) is 0.157. The molecule has 0 saturated carbocycles. The second-order valence-electron chi connectivity index (χ2n) is 6.82. The van der Waals surface area contributed by atoms with Crippen LogP contribution < -0.4 is 0 Å². The largest absolute Gasteiger partial charge is 0.342 e. The lowest BCUT2D eigenvalue weighted by atomic mass is 10.0. The molecule has 0 fully saturated rings. The van der Waals surface area contributed by atoms with Gasteiger partial charge in [-0.3, -0.25) is 4.55 Å². The summed E-state index contributed by atoms with van der Waals surface area (Å²) in [4.78, 5) is 14.3. The van der Waals surface area contributed by atoms with Gasteiger partial charge in [-0.1, -0.05) is 77.6 Å². The topological polar surface area (TPSA) is 101 Å². The van der Waals surface area contributed by atoms with E-state index < -0.39 is 21.3 Å². The summed E-state index contributed by atoms with van der Waals surface area (Å²) in [5, 5.41) is 7.48. The number of unbranched alkanes of at least 4 members (excludes halogenated alkanes) is 10. The van der Waals surface area contributed by atoms with Gasteiger partial charge in [-0.15, -0.1) is 0 Å². The lowest BCUT2D eigenvalue weighted by Gasteiger charge is -2.13. The first-order valence-corrected chi connectivity index (χ1v) is 11.2. The van der Waals surface area contributed by atoms with Gasteiger partial charge in [0.05, 0.1) is 5.25 Å². The van der Waals surface area contributed by atoms with Gasteiger partial charge in [0.25, 0.3) is 10.1 Å². The maximum absolute atomic E-state index is 11.5. The number of hydrogen-bond acceptors (Lipinski definition) is 5. The molecule has 0 saturated heterocycles. The van der Waals surface area contributed by atoms with Crippen molar-refractivity contribution >= 4 is 16.1 Å². The van der Waals surface area contributed by atoms with Gasteiger partial charge in [0.2, 0.25) is 0 Å². The Morgan fingerprint density at radius 3 is 1.72 bits per heavy atom. The minimum absolute atomic E-state index is 0.197. The van der Waals surface area contributed by atoms with Gasteiger partial charge in [0, 0.05) is 6.42 Å². The highest BCUT2D eigenvalue weighted by Crippen LogP contribution is 2.19. The molecule has 0 aliphatic heterocycles. The minimum atomic E-state index is -3.97. The summed E-state index contributed by atoms with van der Waals surface area (Å²) in [6, 6.07) is 0. The lowest BCUT2D eigenvalue weighted by molar-refractivity contribution is -0.234. The van der Waals surface area contributed by atoms with Crippen molar-refractivity contribution in [3.05, 3.63) is 0 Å². The molecule has 1 unspecified atom stereocenters. The fourth-order valence-corrected chi connectivity index (χ4v) is 3.92. The van der Waals surface area contributed by atoms with E-state index in [0.29, 0.717) is 19.3 Å². The third-order valence-corrected chi connectivity index (χ3v) is 5.87. The molecule has 0 aromatic heterocycles. The molecule has 0 heterocycles. The Labute approximate surface area is 153 Å². The van der Waals surface area contributed by atoms with Crippen LogP contribution in [0.1, 0.15) is 103 Å². The average Bonchev–Trinajstić information content (AvgIpc) is 2.56. The Balaban J connectivity index is 3.78. The van der Waals surface area contributed by atoms with Crippen molar-refractivity contribution in [2.45, 2.75) is 108 Å². The maximum Gasteiger partial charge on any atom is 0.342 e. The molecule has 1 atom stereocenters. The molecule has 2 N–H and O–H groups in total. The molecule has 0 spiro atoms. The Kier molecular flexibility index (Phi) is 15.2. The SMILES string of the molecule is CCCCCCCCCC(CCCCCCCC(=O)OO)S(=O)(=O)O. The Bertz CT molecular complexity index is 421. The van der Waals surface area contributed by atoms with Crippen LogP contribution in [0.3, 0.4) is 0 Å².